The van der Waals surface area contributed by atoms with Gasteiger partial charge in [0, 0.05) is 0 Å². The van der Waals surface area contributed by atoms with E-state index in [1.807, 2.05) is 20.8 Å². The Morgan fingerprint density at radius 1 is 1.33 bits per heavy atom. The summed E-state index contributed by atoms with van der Waals surface area (Å²) in [6, 6.07) is 2.64. The summed E-state index contributed by atoms with van der Waals surface area (Å²) in [6.45, 7) is 9.12. The molecule has 4 heteroatoms. The Labute approximate surface area is 112 Å². The van der Waals surface area contributed by atoms with Gasteiger partial charge in [0.05, 0.1) is 16.7 Å². The van der Waals surface area contributed by atoms with Gasteiger partial charge in [-0.1, -0.05) is 32.4 Å². The molecule has 0 spiro atoms. The smallest absolute Gasteiger partial charge is 0.339 e. The quantitative estimate of drug-likeness (QED) is 0.749. The maximum absolute atomic E-state index is 13.8. The number of esters is 1. The number of hydrogen-bond acceptors (Lipinski definition) is 2. The van der Waals surface area contributed by atoms with Crippen molar-refractivity contribution in [3.05, 3.63) is 34.1 Å². The van der Waals surface area contributed by atoms with Gasteiger partial charge in [-0.05, 0) is 37.0 Å². The molecule has 0 aromatic heterocycles. The van der Waals surface area contributed by atoms with Crippen LogP contribution in [0.2, 0.25) is 5.02 Å². The molecule has 0 saturated heterocycles. The fraction of sp³-hybridized carbons (Fsp3) is 0.500. The van der Waals surface area contributed by atoms with Gasteiger partial charge in [0.15, 0.2) is 0 Å². The Hall–Kier alpha value is -1.09. The van der Waals surface area contributed by atoms with Gasteiger partial charge in [0.25, 0.3) is 0 Å². The molecule has 0 atom stereocenters. The molecule has 2 nitrogen and oxygen atoms in total. The maximum Gasteiger partial charge on any atom is 0.339 e. The second kappa shape index (κ2) is 5.27. The molecule has 0 N–H and O–H groups in total. The van der Waals surface area contributed by atoms with Gasteiger partial charge >= 0.3 is 5.97 Å². The molecule has 0 aliphatic carbocycles. The lowest BCUT2D eigenvalue weighted by molar-refractivity contribution is 0.0378. The molecule has 18 heavy (non-hydrogen) atoms. The molecule has 0 unspecified atom stereocenters. The summed E-state index contributed by atoms with van der Waals surface area (Å²) in [5.41, 5.74) is 0.251. The highest BCUT2D eigenvalue weighted by Gasteiger charge is 2.23. The SMILES string of the molecule is CC(C)OC(=O)c1cc(C(C)(C)C)c(F)cc1Cl. The monoisotopic (exact) mass is 272 g/mol. The molecular weight excluding hydrogens is 255 g/mol. The van der Waals surface area contributed by atoms with Gasteiger partial charge in [-0.2, -0.15) is 0 Å². The minimum atomic E-state index is -0.527. The van der Waals surface area contributed by atoms with Crippen LogP contribution in [0.1, 0.15) is 50.5 Å². The van der Waals surface area contributed by atoms with Crippen molar-refractivity contribution in [3.63, 3.8) is 0 Å². The van der Waals surface area contributed by atoms with Crippen molar-refractivity contribution >= 4 is 17.6 Å². The van der Waals surface area contributed by atoms with Crippen molar-refractivity contribution in [1.82, 2.24) is 0 Å². The largest absolute Gasteiger partial charge is 0.459 e. The lowest BCUT2D eigenvalue weighted by Gasteiger charge is -2.21. The van der Waals surface area contributed by atoms with Crippen LogP contribution in [0.4, 0.5) is 4.39 Å². The molecule has 1 aromatic rings. The molecular formula is C14H18ClFO2. The van der Waals surface area contributed by atoms with E-state index in [0.717, 1.165) is 0 Å². The van der Waals surface area contributed by atoms with Gasteiger partial charge in [0.1, 0.15) is 5.82 Å². The summed E-state index contributed by atoms with van der Waals surface area (Å²) in [5, 5.41) is 0.0751. The molecule has 0 bridgehead atoms. The summed E-state index contributed by atoms with van der Waals surface area (Å²) >= 11 is 5.89. The molecule has 0 aliphatic rings. The highest BCUT2D eigenvalue weighted by atomic mass is 35.5. The first-order valence-electron chi connectivity index (χ1n) is 5.83. The van der Waals surface area contributed by atoms with Crippen LogP contribution in [0.5, 0.6) is 0 Å². The van der Waals surface area contributed by atoms with Crippen molar-refractivity contribution in [2.24, 2.45) is 0 Å². The van der Waals surface area contributed by atoms with Crippen LogP contribution in [0.3, 0.4) is 0 Å². The minimum absolute atomic E-state index is 0.0751. The molecule has 100 valence electrons. The molecule has 0 aliphatic heterocycles. The fourth-order valence-electron chi connectivity index (χ4n) is 1.56. The zero-order chi connectivity index (χ0) is 14.1. The third kappa shape index (κ3) is 3.45. The zero-order valence-corrected chi connectivity index (χ0v) is 12.1. The second-order valence-corrected chi connectivity index (χ2v) is 5.92. The van der Waals surface area contributed by atoms with E-state index in [1.165, 1.54) is 12.1 Å². The Morgan fingerprint density at radius 3 is 2.33 bits per heavy atom. The first kappa shape index (κ1) is 15.0. The Morgan fingerprint density at radius 2 is 1.89 bits per heavy atom. The van der Waals surface area contributed by atoms with E-state index < -0.39 is 17.2 Å². The lowest BCUT2D eigenvalue weighted by atomic mass is 9.85. The normalized spacial score (nSPS) is 11.8. The van der Waals surface area contributed by atoms with Crippen LogP contribution in [0, 0.1) is 5.82 Å². The van der Waals surface area contributed by atoms with Crippen LogP contribution >= 0.6 is 11.6 Å². The van der Waals surface area contributed by atoms with E-state index in [4.69, 9.17) is 16.3 Å². The molecule has 1 aromatic carbocycles. The molecule has 0 amide bonds. The third-order valence-corrected chi connectivity index (χ3v) is 2.74. The van der Waals surface area contributed by atoms with Gasteiger partial charge in [-0.25, -0.2) is 9.18 Å². The predicted octanol–water partition coefficient (Wildman–Crippen LogP) is 4.34. The van der Waals surface area contributed by atoms with Crippen LogP contribution < -0.4 is 0 Å². The number of ether oxygens (including phenoxy) is 1. The van der Waals surface area contributed by atoms with Crippen LogP contribution in [-0.4, -0.2) is 12.1 Å². The summed E-state index contributed by atoms with van der Waals surface area (Å²) in [5.74, 6) is -0.936. The summed E-state index contributed by atoms with van der Waals surface area (Å²) < 4.78 is 18.9. The van der Waals surface area contributed by atoms with Gasteiger partial charge < -0.3 is 4.74 Å². The molecule has 1 rings (SSSR count). The number of benzene rings is 1. The number of hydrogen-bond donors (Lipinski definition) is 0. The molecule has 0 saturated carbocycles. The number of halogens is 2. The van der Waals surface area contributed by atoms with E-state index in [1.54, 1.807) is 13.8 Å². The number of carbonyl (C=O) groups excluding carboxylic acids is 1. The van der Waals surface area contributed by atoms with Crippen molar-refractivity contribution in [1.29, 1.82) is 0 Å². The van der Waals surface area contributed by atoms with Crippen LogP contribution in [0.15, 0.2) is 12.1 Å². The van der Waals surface area contributed by atoms with Crippen molar-refractivity contribution in [2.45, 2.75) is 46.1 Å². The standard InChI is InChI=1S/C14H18ClFO2/c1-8(2)18-13(17)9-6-10(14(3,4)5)12(16)7-11(9)15/h6-8H,1-5H3. The molecule has 0 heterocycles. The molecule has 0 fully saturated rings. The summed E-state index contributed by atoms with van der Waals surface area (Å²) in [6.07, 6.45) is -0.239. The zero-order valence-electron chi connectivity index (χ0n) is 11.3. The Bertz CT molecular complexity index is 462. The van der Waals surface area contributed by atoms with E-state index in [-0.39, 0.29) is 16.7 Å². The second-order valence-electron chi connectivity index (χ2n) is 5.52. The van der Waals surface area contributed by atoms with E-state index in [0.29, 0.717) is 5.56 Å². The average molecular weight is 273 g/mol. The van der Waals surface area contributed by atoms with Crippen LogP contribution in [-0.2, 0) is 10.2 Å². The lowest BCUT2D eigenvalue weighted by Crippen LogP contribution is -2.17. The van der Waals surface area contributed by atoms with E-state index in [9.17, 15) is 9.18 Å². The number of carbonyl (C=O) groups is 1. The fourth-order valence-corrected chi connectivity index (χ4v) is 1.79. The first-order chi connectivity index (χ1) is 8.12. The third-order valence-electron chi connectivity index (χ3n) is 2.43. The average Bonchev–Trinajstić information content (AvgIpc) is 2.13. The maximum atomic E-state index is 13.8. The summed E-state index contributed by atoms with van der Waals surface area (Å²) in [4.78, 5) is 11.8. The van der Waals surface area contributed by atoms with Crippen molar-refractivity contribution in [3.8, 4) is 0 Å². The van der Waals surface area contributed by atoms with Gasteiger partial charge in [-0.15, -0.1) is 0 Å². The highest BCUT2D eigenvalue weighted by molar-refractivity contribution is 6.33. The van der Waals surface area contributed by atoms with Crippen molar-refractivity contribution in [2.75, 3.05) is 0 Å². The van der Waals surface area contributed by atoms with Crippen molar-refractivity contribution < 1.29 is 13.9 Å². The minimum Gasteiger partial charge on any atom is -0.459 e. The van der Waals surface area contributed by atoms with Gasteiger partial charge in [0.2, 0.25) is 0 Å². The Balaban J connectivity index is 3.25. The predicted molar refractivity (Wildman–Crippen MR) is 70.7 cm³/mol. The Kier molecular flexibility index (Phi) is 4.38. The van der Waals surface area contributed by atoms with E-state index in [2.05, 4.69) is 0 Å². The van der Waals surface area contributed by atoms with Gasteiger partial charge in [-0.3, -0.25) is 0 Å². The highest BCUT2D eigenvalue weighted by Crippen LogP contribution is 2.30. The number of rotatable bonds is 2. The van der Waals surface area contributed by atoms with Crippen LogP contribution in [0.25, 0.3) is 0 Å². The topological polar surface area (TPSA) is 26.3 Å². The first-order valence-corrected chi connectivity index (χ1v) is 6.21. The van der Waals surface area contributed by atoms with E-state index >= 15 is 0 Å². The molecule has 0 radical (unpaired) electrons. The summed E-state index contributed by atoms with van der Waals surface area (Å²) in [7, 11) is 0.